The summed E-state index contributed by atoms with van der Waals surface area (Å²) in [7, 11) is 0. The molecule has 0 aromatic rings. The van der Waals surface area contributed by atoms with Crippen LogP contribution in [0.4, 0.5) is 0 Å². The van der Waals surface area contributed by atoms with Crippen molar-refractivity contribution in [1.29, 1.82) is 0 Å². The summed E-state index contributed by atoms with van der Waals surface area (Å²) in [4.78, 5) is 0. The number of ether oxygens (including phenoxy) is 13. The molecule has 21 N–H and O–H groups in total. The fourth-order valence-electron chi connectivity index (χ4n) is 9.24. The standard InChI is InChI=1S/C40H68O34/c41-1-10-17(48)18(49)26(57)37(67-10)73-32-13(6-64-35-24(55)15(46)8(44)4-62-35)70-40(29(60)22(32)53)74-33-14(7-65-36-25(56)16(47)9(45)5-63-36)69-39(28(59)21(33)52)72-31-12(3-43)68-38(27(58)20(31)51)71-30-11(2-42)66-34(61)23(54)19(30)50/h8-61H,1-7H2/t8-,9-,10-,11-,12-,13-,14-,15+,16+,17-,18+,19-,20-,21-,22+,23-,24-,25-,26-,27-,28-,29-,30-,31-,32-,33-,34?,35-,36-,37+,38+,39+,40+/m1/s1. The number of aliphatic hydroxyl groups is 21. The molecule has 34 heteroatoms. The third-order valence-corrected chi connectivity index (χ3v) is 13.7. The van der Waals surface area contributed by atoms with Crippen molar-refractivity contribution in [3.63, 3.8) is 0 Å². The SMILES string of the molecule is OC[C@H]1O[C@@H](O[C@H]2[C@@H](O)[C@@H](O)[C@H](O[C@H]3[C@H](O)[C@@H](O)[C@H](O[C@H]4[C@H](O)[C@@H](O)[C@H](O[C@H]5[C@H](O)[C@@H](O)C(O)O[C@@H]5CO)O[C@@H]4CO)O[C@@H]3CO[C@H]3OC[C@@H](O)[C@H](O)[C@H]3O)O[C@@H]2CO[C@H]2OC[C@@H](O)[C@H](O)[C@H]2O)[C@H](O)[C@@H](O)[C@@H]1O. The molecule has 432 valence electrons. The van der Waals surface area contributed by atoms with E-state index < -0.39 is 249 Å². The highest BCUT2D eigenvalue weighted by Gasteiger charge is 2.57. The Hall–Kier alpha value is -1.36. The van der Waals surface area contributed by atoms with E-state index in [1.165, 1.54) is 0 Å². The van der Waals surface area contributed by atoms with Crippen molar-refractivity contribution in [2.45, 2.75) is 203 Å². The molecule has 1 unspecified atom stereocenters. The maximum atomic E-state index is 11.7. The van der Waals surface area contributed by atoms with Gasteiger partial charge in [0.25, 0.3) is 0 Å². The summed E-state index contributed by atoms with van der Waals surface area (Å²) in [5.74, 6) is 0. The summed E-state index contributed by atoms with van der Waals surface area (Å²) >= 11 is 0. The Morgan fingerprint density at radius 1 is 0.284 bits per heavy atom. The maximum Gasteiger partial charge on any atom is 0.187 e. The topological polar surface area (TPSA) is 545 Å². The Morgan fingerprint density at radius 2 is 0.581 bits per heavy atom. The summed E-state index contributed by atoms with van der Waals surface area (Å²) < 4.78 is 72.8. The highest BCUT2D eigenvalue weighted by atomic mass is 16.8. The minimum Gasteiger partial charge on any atom is -0.394 e. The van der Waals surface area contributed by atoms with E-state index in [1.807, 2.05) is 0 Å². The lowest BCUT2D eigenvalue weighted by atomic mass is 9.95. The zero-order valence-corrected chi connectivity index (χ0v) is 38.7. The van der Waals surface area contributed by atoms with Gasteiger partial charge in [-0.05, 0) is 0 Å². The molecule has 0 aromatic carbocycles. The second kappa shape index (κ2) is 25.8. The van der Waals surface area contributed by atoms with Gasteiger partial charge in [-0.25, -0.2) is 0 Å². The predicted octanol–water partition coefficient (Wildman–Crippen LogP) is -15.0. The van der Waals surface area contributed by atoms with Crippen LogP contribution in [0.5, 0.6) is 0 Å². The molecule has 0 aromatic heterocycles. The molecule has 0 bridgehead atoms. The van der Waals surface area contributed by atoms with Crippen LogP contribution < -0.4 is 0 Å². The lowest BCUT2D eigenvalue weighted by molar-refractivity contribution is -0.397. The van der Waals surface area contributed by atoms with E-state index >= 15 is 0 Å². The van der Waals surface area contributed by atoms with Gasteiger partial charge in [0.2, 0.25) is 0 Å². The summed E-state index contributed by atoms with van der Waals surface area (Å²) in [5.41, 5.74) is 0. The van der Waals surface area contributed by atoms with Crippen LogP contribution in [0.1, 0.15) is 0 Å². The lowest BCUT2D eigenvalue weighted by Gasteiger charge is -2.50. The Morgan fingerprint density at radius 3 is 0.959 bits per heavy atom. The first-order valence-corrected chi connectivity index (χ1v) is 23.5. The molecule has 0 spiro atoms. The highest BCUT2D eigenvalue weighted by Crippen LogP contribution is 2.36. The van der Waals surface area contributed by atoms with E-state index in [9.17, 15) is 107 Å². The van der Waals surface area contributed by atoms with Gasteiger partial charge >= 0.3 is 0 Å². The number of hydrogen-bond donors (Lipinski definition) is 21. The van der Waals surface area contributed by atoms with Crippen LogP contribution in [0, 0.1) is 0 Å². The average Bonchev–Trinajstić information content (AvgIpc) is 3.38. The summed E-state index contributed by atoms with van der Waals surface area (Å²) in [5, 5.41) is 222. The normalized spacial score (nSPS) is 53.7. The molecule has 0 amide bonds. The fraction of sp³-hybridized carbons (Fsp3) is 1.00. The van der Waals surface area contributed by atoms with Crippen LogP contribution >= 0.6 is 0 Å². The van der Waals surface area contributed by atoms with E-state index in [0.717, 1.165) is 0 Å². The van der Waals surface area contributed by atoms with Gasteiger partial charge in [-0.3, -0.25) is 0 Å². The van der Waals surface area contributed by atoms with Crippen molar-refractivity contribution in [3.05, 3.63) is 0 Å². The van der Waals surface area contributed by atoms with Crippen molar-refractivity contribution < 1.29 is 169 Å². The zero-order valence-electron chi connectivity index (χ0n) is 38.7. The van der Waals surface area contributed by atoms with Gasteiger partial charge in [0, 0.05) is 0 Å². The minimum absolute atomic E-state index is 0.543. The molecule has 7 aliphatic rings. The predicted molar refractivity (Wildman–Crippen MR) is 220 cm³/mol. The molecule has 7 rings (SSSR count). The van der Waals surface area contributed by atoms with Crippen LogP contribution in [0.25, 0.3) is 0 Å². The molecular weight excluding hydrogens is 1020 g/mol. The number of rotatable bonds is 17. The summed E-state index contributed by atoms with van der Waals surface area (Å²) in [6, 6.07) is 0. The van der Waals surface area contributed by atoms with Gasteiger partial charge in [-0.15, -0.1) is 0 Å². The first-order chi connectivity index (χ1) is 35.0. The Labute approximate surface area is 417 Å². The zero-order chi connectivity index (χ0) is 54.2. The average molecular weight is 1090 g/mol. The highest BCUT2D eigenvalue weighted by molar-refractivity contribution is 5.00. The quantitative estimate of drug-likeness (QED) is 0.0643. The second-order valence-corrected chi connectivity index (χ2v) is 18.8. The summed E-state index contributed by atoms with van der Waals surface area (Å²) in [6.45, 7) is -5.70. The first-order valence-electron chi connectivity index (χ1n) is 23.5. The molecule has 0 radical (unpaired) electrons. The van der Waals surface area contributed by atoms with Crippen molar-refractivity contribution in [3.8, 4) is 0 Å². The van der Waals surface area contributed by atoms with Gasteiger partial charge in [0.05, 0.1) is 46.2 Å². The van der Waals surface area contributed by atoms with E-state index in [2.05, 4.69) is 0 Å². The van der Waals surface area contributed by atoms with E-state index in [-0.39, 0.29) is 0 Å². The third-order valence-electron chi connectivity index (χ3n) is 13.7. The second-order valence-electron chi connectivity index (χ2n) is 18.8. The van der Waals surface area contributed by atoms with Crippen molar-refractivity contribution >= 4 is 0 Å². The van der Waals surface area contributed by atoms with Crippen LogP contribution in [-0.2, 0) is 61.6 Å². The van der Waals surface area contributed by atoms with E-state index in [1.54, 1.807) is 0 Å². The third kappa shape index (κ3) is 12.6. The van der Waals surface area contributed by atoms with Gasteiger partial charge in [0.1, 0.15) is 159 Å². The van der Waals surface area contributed by atoms with Gasteiger partial charge < -0.3 is 169 Å². The van der Waals surface area contributed by atoms with Crippen molar-refractivity contribution in [2.75, 3.05) is 46.2 Å². The molecule has 0 aliphatic carbocycles. The molecular formula is C40H68O34. The molecule has 0 saturated carbocycles. The lowest BCUT2D eigenvalue weighted by Crippen LogP contribution is -2.68. The van der Waals surface area contributed by atoms with Crippen molar-refractivity contribution in [2.24, 2.45) is 0 Å². The molecule has 74 heavy (non-hydrogen) atoms. The number of aliphatic hydroxyl groups excluding tert-OH is 21. The van der Waals surface area contributed by atoms with E-state index in [0.29, 0.717) is 0 Å². The van der Waals surface area contributed by atoms with Crippen LogP contribution in [0.3, 0.4) is 0 Å². The van der Waals surface area contributed by atoms with Crippen molar-refractivity contribution in [1.82, 2.24) is 0 Å². The molecule has 7 fully saturated rings. The molecule has 34 nitrogen and oxygen atoms in total. The Balaban J connectivity index is 1.11. The van der Waals surface area contributed by atoms with Gasteiger partial charge in [0.15, 0.2) is 44.0 Å². The Kier molecular flexibility index (Phi) is 21.0. The van der Waals surface area contributed by atoms with Crippen LogP contribution in [0.15, 0.2) is 0 Å². The molecule has 33 atom stereocenters. The molecule has 7 aliphatic heterocycles. The van der Waals surface area contributed by atoms with Crippen LogP contribution in [0.2, 0.25) is 0 Å². The smallest absolute Gasteiger partial charge is 0.187 e. The monoisotopic (exact) mass is 1090 g/mol. The minimum atomic E-state index is -2.30. The summed E-state index contributed by atoms with van der Waals surface area (Å²) in [6.07, 6.45) is -63.4. The first kappa shape index (κ1) is 60.3. The molecule has 7 saturated heterocycles. The van der Waals surface area contributed by atoms with Crippen LogP contribution in [-0.4, -0.2) is 356 Å². The fourth-order valence-corrected chi connectivity index (χ4v) is 9.24. The van der Waals surface area contributed by atoms with E-state index in [4.69, 9.17) is 61.6 Å². The maximum absolute atomic E-state index is 11.7. The Bertz CT molecular complexity index is 1710. The van der Waals surface area contributed by atoms with Gasteiger partial charge in [-0.1, -0.05) is 0 Å². The van der Waals surface area contributed by atoms with Gasteiger partial charge in [-0.2, -0.15) is 0 Å². The largest absolute Gasteiger partial charge is 0.394 e. The number of hydrogen-bond acceptors (Lipinski definition) is 34. The molecule has 7 heterocycles.